The highest BCUT2D eigenvalue weighted by atomic mass is 35.5. The molecule has 72 valence electrons. The van der Waals surface area contributed by atoms with Crippen LogP contribution in [0.1, 0.15) is 40.5 Å². The zero-order valence-corrected chi connectivity index (χ0v) is 9.03. The molecule has 0 aliphatic carbocycles. The van der Waals surface area contributed by atoms with Crippen molar-refractivity contribution in [3.8, 4) is 0 Å². The van der Waals surface area contributed by atoms with Crippen LogP contribution in [0.3, 0.4) is 0 Å². The lowest BCUT2D eigenvalue weighted by molar-refractivity contribution is -0.954. The molecule has 3 heteroatoms. The minimum atomic E-state index is -0.228. The number of halogens is 1. The van der Waals surface area contributed by atoms with E-state index in [1.807, 2.05) is 27.7 Å². The highest BCUT2D eigenvalue weighted by molar-refractivity contribution is 6.20. The van der Waals surface area contributed by atoms with E-state index in [0.29, 0.717) is 5.06 Å². The molecule has 1 saturated heterocycles. The molecule has 1 rings (SSSR count). The summed E-state index contributed by atoms with van der Waals surface area (Å²) < 4.78 is 0. The van der Waals surface area contributed by atoms with Gasteiger partial charge in [-0.3, -0.25) is 0 Å². The molecule has 0 bridgehead atoms. The molecule has 0 spiro atoms. The lowest BCUT2D eigenvalue weighted by Gasteiger charge is -2.53. The van der Waals surface area contributed by atoms with E-state index in [1.165, 1.54) is 0 Å². The molecule has 0 saturated carbocycles. The summed E-state index contributed by atoms with van der Waals surface area (Å²) in [5, 5.41) is 12.4. The summed E-state index contributed by atoms with van der Waals surface area (Å²) in [5.74, 6) is 0. The number of hydroxylamine groups is 2. The topological polar surface area (TPSA) is 27.5 Å². The maximum Gasteiger partial charge on any atom is 0.0935 e. The Labute approximate surface area is 79.5 Å². The third-order valence-corrected chi connectivity index (χ3v) is 3.00. The molecule has 0 aromatic carbocycles. The molecule has 0 aromatic rings. The summed E-state index contributed by atoms with van der Waals surface area (Å²) in [7, 11) is 0. The summed E-state index contributed by atoms with van der Waals surface area (Å²) in [5.41, 5.74) is -0.456. The van der Waals surface area contributed by atoms with Crippen molar-refractivity contribution in [3.05, 3.63) is 5.21 Å². The number of nitrogens with one attached hydrogen (secondary N) is 1. The van der Waals surface area contributed by atoms with Gasteiger partial charge < -0.3 is 10.3 Å². The first-order chi connectivity index (χ1) is 5.26. The molecule has 0 radical (unpaired) electrons. The van der Waals surface area contributed by atoms with E-state index < -0.39 is 0 Å². The Morgan fingerprint density at radius 2 is 1.50 bits per heavy atom. The van der Waals surface area contributed by atoms with Crippen LogP contribution in [-0.2, 0) is 0 Å². The van der Waals surface area contributed by atoms with Crippen LogP contribution in [0.5, 0.6) is 0 Å². The largest absolute Gasteiger partial charge is 0.634 e. The van der Waals surface area contributed by atoms with Crippen molar-refractivity contribution in [1.29, 1.82) is 0 Å². The molecule has 0 aromatic heterocycles. The Bertz CT molecular complexity index is 161. The molecular formula is C9H18ClNO. The highest BCUT2D eigenvalue weighted by Gasteiger charge is 2.44. The van der Waals surface area contributed by atoms with E-state index in [9.17, 15) is 5.21 Å². The molecule has 12 heavy (non-hydrogen) atoms. The van der Waals surface area contributed by atoms with Crippen LogP contribution in [0.25, 0.3) is 0 Å². The monoisotopic (exact) mass is 191 g/mol. The average molecular weight is 192 g/mol. The van der Waals surface area contributed by atoms with Gasteiger partial charge in [-0.15, -0.1) is 11.6 Å². The maximum absolute atomic E-state index is 11.9. The molecule has 1 heterocycles. The molecule has 1 aliphatic heterocycles. The zero-order chi connectivity index (χ0) is 9.57. The highest BCUT2D eigenvalue weighted by Crippen LogP contribution is 2.26. The number of hydrogen-bond acceptors (Lipinski definition) is 1. The van der Waals surface area contributed by atoms with Gasteiger partial charge in [0.05, 0.1) is 11.1 Å². The van der Waals surface area contributed by atoms with Crippen LogP contribution in [0.15, 0.2) is 0 Å². The second-order valence-corrected chi connectivity index (χ2v) is 5.72. The number of piperidine rings is 1. The van der Waals surface area contributed by atoms with Gasteiger partial charge in [-0.1, -0.05) is 0 Å². The van der Waals surface area contributed by atoms with E-state index >= 15 is 0 Å². The first-order valence-electron chi connectivity index (χ1n) is 4.45. The Hall–Kier alpha value is 0.210. The number of alkyl halides is 1. The van der Waals surface area contributed by atoms with Crippen molar-refractivity contribution in [2.75, 3.05) is 0 Å². The van der Waals surface area contributed by atoms with E-state index in [1.54, 1.807) is 0 Å². The Kier molecular flexibility index (Phi) is 2.45. The molecule has 1 aliphatic rings. The van der Waals surface area contributed by atoms with Crippen molar-refractivity contribution in [3.63, 3.8) is 0 Å². The predicted molar refractivity (Wildman–Crippen MR) is 51.4 cm³/mol. The van der Waals surface area contributed by atoms with Gasteiger partial charge in [0.25, 0.3) is 0 Å². The Morgan fingerprint density at radius 1 is 1.17 bits per heavy atom. The Balaban J connectivity index is 2.84. The third kappa shape index (κ3) is 1.76. The van der Waals surface area contributed by atoms with Crippen LogP contribution in [0, 0.1) is 5.21 Å². The van der Waals surface area contributed by atoms with Gasteiger partial charge >= 0.3 is 0 Å². The van der Waals surface area contributed by atoms with Gasteiger partial charge in [0, 0.05) is 18.2 Å². The lowest BCUT2D eigenvalue weighted by atomic mass is 9.82. The number of rotatable bonds is 0. The second kappa shape index (κ2) is 2.86. The zero-order valence-electron chi connectivity index (χ0n) is 8.28. The van der Waals surface area contributed by atoms with Gasteiger partial charge in [-0.25, -0.2) is 0 Å². The van der Waals surface area contributed by atoms with Gasteiger partial charge in [0.2, 0.25) is 0 Å². The quantitative estimate of drug-likeness (QED) is 0.454. The molecule has 0 unspecified atom stereocenters. The normalized spacial score (nSPS) is 39.5. The molecule has 0 atom stereocenters. The maximum atomic E-state index is 11.9. The number of quaternary nitrogens is 1. The van der Waals surface area contributed by atoms with Crippen LogP contribution < -0.4 is 5.06 Å². The van der Waals surface area contributed by atoms with E-state index in [-0.39, 0.29) is 16.5 Å². The van der Waals surface area contributed by atoms with Crippen molar-refractivity contribution in [1.82, 2.24) is 0 Å². The van der Waals surface area contributed by atoms with Crippen molar-refractivity contribution in [2.24, 2.45) is 0 Å². The Morgan fingerprint density at radius 3 is 1.83 bits per heavy atom. The summed E-state index contributed by atoms with van der Waals surface area (Å²) in [4.78, 5) is 0. The first kappa shape index (κ1) is 10.3. The smallest absolute Gasteiger partial charge is 0.0935 e. The van der Waals surface area contributed by atoms with Crippen molar-refractivity contribution >= 4 is 11.6 Å². The van der Waals surface area contributed by atoms with E-state index in [0.717, 1.165) is 12.8 Å². The van der Waals surface area contributed by atoms with E-state index in [4.69, 9.17) is 11.6 Å². The van der Waals surface area contributed by atoms with Gasteiger partial charge in [0.1, 0.15) is 0 Å². The van der Waals surface area contributed by atoms with Crippen LogP contribution in [0.2, 0.25) is 0 Å². The standard InChI is InChI=1S/C9H18ClNO/c1-8(2)5-7(10)6-9(3,4)11(8)12/h7,11H,5-6H2,1-4H3. The molecule has 1 fully saturated rings. The van der Waals surface area contributed by atoms with Gasteiger partial charge in [0.15, 0.2) is 0 Å². The summed E-state index contributed by atoms with van der Waals surface area (Å²) in [6.45, 7) is 7.97. The first-order valence-corrected chi connectivity index (χ1v) is 4.88. The van der Waals surface area contributed by atoms with Crippen molar-refractivity contribution < 1.29 is 5.06 Å². The fourth-order valence-corrected chi connectivity index (χ4v) is 3.05. The second-order valence-electron chi connectivity index (χ2n) is 5.10. The lowest BCUT2D eigenvalue weighted by Crippen LogP contribution is -3.23. The summed E-state index contributed by atoms with van der Waals surface area (Å²) in [6, 6.07) is 0. The molecule has 1 N–H and O–H groups in total. The van der Waals surface area contributed by atoms with Gasteiger partial charge in [-0.2, -0.15) is 0 Å². The fraction of sp³-hybridized carbons (Fsp3) is 1.00. The van der Waals surface area contributed by atoms with Crippen LogP contribution >= 0.6 is 11.6 Å². The third-order valence-electron chi connectivity index (χ3n) is 2.69. The van der Waals surface area contributed by atoms with Crippen LogP contribution in [-0.4, -0.2) is 16.5 Å². The van der Waals surface area contributed by atoms with Gasteiger partial charge in [-0.05, 0) is 27.7 Å². The minimum Gasteiger partial charge on any atom is -0.634 e. The van der Waals surface area contributed by atoms with Crippen LogP contribution in [0.4, 0.5) is 0 Å². The van der Waals surface area contributed by atoms with E-state index in [2.05, 4.69) is 0 Å². The number of hydrogen-bond donors (Lipinski definition) is 1. The SMILES string of the molecule is CC1(C)CC(Cl)CC(C)(C)[NH+]1[O-]. The summed E-state index contributed by atoms with van der Waals surface area (Å²) >= 11 is 6.10. The van der Waals surface area contributed by atoms with Crippen molar-refractivity contribution in [2.45, 2.75) is 57.0 Å². The molecule has 2 nitrogen and oxygen atoms in total. The predicted octanol–water partition coefficient (Wildman–Crippen LogP) is 1.33. The average Bonchev–Trinajstić information content (AvgIpc) is 1.80. The molecular weight excluding hydrogens is 174 g/mol. The minimum absolute atomic E-state index is 0.160. The molecule has 0 amide bonds. The fourth-order valence-electron chi connectivity index (χ4n) is 2.28. The summed E-state index contributed by atoms with van der Waals surface area (Å²) in [6.07, 6.45) is 1.63.